The van der Waals surface area contributed by atoms with Gasteiger partial charge in [0.15, 0.2) is 5.58 Å². The van der Waals surface area contributed by atoms with Gasteiger partial charge in [0.05, 0.1) is 17.6 Å². The Kier molecular flexibility index (Phi) is 3.52. The van der Waals surface area contributed by atoms with Crippen LogP contribution in [0.4, 0.5) is 0 Å². The second-order valence-corrected chi connectivity index (χ2v) is 7.44. The van der Waals surface area contributed by atoms with Crippen LogP contribution in [0.2, 0.25) is 5.02 Å². The summed E-state index contributed by atoms with van der Waals surface area (Å²) in [5.41, 5.74) is 6.40. The molecule has 29 heavy (non-hydrogen) atoms. The third kappa shape index (κ3) is 2.48. The number of hydrogen-bond donors (Lipinski definition) is 0. The molecule has 4 heteroatoms. The molecule has 0 spiro atoms. The minimum atomic E-state index is 0.691. The van der Waals surface area contributed by atoms with Crippen molar-refractivity contribution in [1.82, 2.24) is 9.38 Å². The molecule has 0 saturated heterocycles. The highest BCUT2D eigenvalue weighted by atomic mass is 35.5. The Bertz CT molecular complexity index is 1510. The third-order valence-electron chi connectivity index (χ3n) is 5.30. The quantitative estimate of drug-likeness (QED) is 0.310. The van der Waals surface area contributed by atoms with Gasteiger partial charge >= 0.3 is 0 Å². The first-order valence-electron chi connectivity index (χ1n) is 9.43. The van der Waals surface area contributed by atoms with Crippen LogP contribution < -0.4 is 0 Å². The minimum Gasteiger partial charge on any atom is -0.455 e. The molecule has 3 nitrogen and oxygen atoms in total. The fraction of sp³-hybridized carbons (Fsp3) is 0. The first-order chi connectivity index (χ1) is 14.3. The van der Waals surface area contributed by atoms with Gasteiger partial charge in [0, 0.05) is 26.9 Å². The van der Waals surface area contributed by atoms with E-state index in [0.29, 0.717) is 5.02 Å². The van der Waals surface area contributed by atoms with Crippen molar-refractivity contribution in [2.75, 3.05) is 0 Å². The number of hydrogen-bond acceptors (Lipinski definition) is 2. The van der Waals surface area contributed by atoms with Gasteiger partial charge in [0.2, 0.25) is 0 Å². The molecule has 0 atom stereocenters. The van der Waals surface area contributed by atoms with Gasteiger partial charge in [-0.3, -0.25) is 4.40 Å². The molecule has 0 aliphatic rings. The lowest BCUT2D eigenvalue weighted by Gasteiger charge is -2.07. The van der Waals surface area contributed by atoms with Crippen LogP contribution in [0.5, 0.6) is 0 Å². The van der Waals surface area contributed by atoms with E-state index in [9.17, 15) is 0 Å². The first kappa shape index (κ1) is 16.4. The summed E-state index contributed by atoms with van der Waals surface area (Å²) in [5.74, 6) is 0. The van der Waals surface area contributed by atoms with Crippen molar-refractivity contribution in [3.05, 3.63) is 96.1 Å². The molecular formula is C25H15ClN2O. The van der Waals surface area contributed by atoms with Crippen molar-refractivity contribution in [1.29, 1.82) is 0 Å². The predicted molar refractivity (Wildman–Crippen MR) is 118 cm³/mol. The van der Waals surface area contributed by atoms with Crippen LogP contribution >= 0.6 is 11.6 Å². The van der Waals surface area contributed by atoms with Crippen LogP contribution in [-0.4, -0.2) is 9.38 Å². The Hall–Kier alpha value is -3.56. The zero-order valence-corrected chi connectivity index (χ0v) is 16.1. The fourth-order valence-electron chi connectivity index (χ4n) is 3.97. The molecule has 6 aromatic rings. The van der Waals surface area contributed by atoms with Crippen molar-refractivity contribution < 1.29 is 4.42 Å². The molecule has 0 unspecified atom stereocenters. The molecule has 3 aromatic heterocycles. The highest BCUT2D eigenvalue weighted by Crippen LogP contribution is 2.38. The normalized spacial score (nSPS) is 11.6. The molecule has 3 aromatic carbocycles. The zero-order valence-electron chi connectivity index (χ0n) is 15.3. The SMILES string of the molecule is Clc1ccccc1-c1c(-c2ccccc2)nc2cc3c(cn12)oc1ccccc13. The van der Waals surface area contributed by atoms with Crippen LogP contribution in [0.1, 0.15) is 0 Å². The van der Waals surface area contributed by atoms with Crippen LogP contribution in [0.25, 0.3) is 50.1 Å². The van der Waals surface area contributed by atoms with Gasteiger partial charge in [-0.05, 0) is 18.2 Å². The van der Waals surface area contributed by atoms with E-state index in [2.05, 4.69) is 28.7 Å². The standard InChI is InChI=1S/C25H15ClN2O/c26-20-12-6-4-11-18(20)25-24(16-8-2-1-3-9-16)27-23-14-19-17-10-5-7-13-21(17)29-22(19)15-28(23)25/h1-15H. The van der Waals surface area contributed by atoms with E-state index in [0.717, 1.165) is 50.1 Å². The molecule has 138 valence electrons. The summed E-state index contributed by atoms with van der Waals surface area (Å²) < 4.78 is 8.19. The number of pyridine rings is 1. The van der Waals surface area contributed by atoms with Crippen LogP contribution in [0.3, 0.4) is 0 Å². The van der Waals surface area contributed by atoms with E-state index in [1.54, 1.807) is 0 Å². The minimum absolute atomic E-state index is 0.691. The number of imidazole rings is 1. The molecule has 0 aliphatic carbocycles. The number of rotatable bonds is 2. The van der Waals surface area contributed by atoms with Crippen molar-refractivity contribution >= 4 is 39.2 Å². The maximum atomic E-state index is 6.59. The number of nitrogens with zero attached hydrogens (tertiary/aromatic N) is 2. The fourth-order valence-corrected chi connectivity index (χ4v) is 4.19. The summed E-state index contributed by atoms with van der Waals surface area (Å²) in [6, 6.07) is 28.2. The van der Waals surface area contributed by atoms with E-state index in [1.807, 2.05) is 66.9 Å². The Labute approximate surface area is 171 Å². The number of halogens is 1. The molecule has 0 amide bonds. The zero-order chi connectivity index (χ0) is 19.4. The largest absolute Gasteiger partial charge is 0.455 e. The van der Waals surface area contributed by atoms with Gasteiger partial charge in [0.1, 0.15) is 11.2 Å². The van der Waals surface area contributed by atoms with E-state index < -0.39 is 0 Å². The maximum absolute atomic E-state index is 6.59. The number of para-hydroxylation sites is 1. The summed E-state index contributed by atoms with van der Waals surface area (Å²) in [4.78, 5) is 5.00. The second-order valence-electron chi connectivity index (χ2n) is 7.03. The van der Waals surface area contributed by atoms with E-state index in [4.69, 9.17) is 21.0 Å². The Balaban J connectivity index is 1.76. The number of aromatic nitrogens is 2. The molecule has 0 radical (unpaired) electrons. The Morgan fingerprint density at radius 3 is 2.38 bits per heavy atom. The van der Waals surface area contributed by atoms with Gasteiger partial charge in [-0.15, -0.1) is 0 Å². The lowest BCUT2D eigenvalue weighted by Crippen LogP contribution is -1.90. The molecule has 0 aliphatic heterocycles. The van der Waals surface area contributed by atoms with Crippen molar-refractivity contribution in [3.63, 3.8) is 0 Å². The number of furan rings is 1. The maximum Gasteiger partial charge on any atom is 0.152 e. The Morgan fingerprint density at radius 1 is 0.759 bits per heavy atom. The van der Waals surface area contributed by atoms with Gasteiger partial charge < -0.3 is 4.42 Å². The predicted octanol–water partition coefficient (Wildman–Crippen LogP) is 7.22. The number of fused-ring (bicyclic) bond motifs is 4. The molecule has 0 N–H and O–H groups in total. The summed E-state index contributed by atoms with van der Waals surface area (Å²) in [5, 5.41) is 2.84. The molecule has 0 fully saturated rings. The monoisotopic (exact) mass is 394 g/mol. The smallest absolute Gasteiger partial charge is 0.152 e. The van der Waals surface area contributed by atoms with E-state index in [1.165, 1.54) is 0 Å². The van der Waals surface area contributed by atoms with Crippen molar-refractivity contribution in [2.24, 2.45) is 0 Å². The topological polar surface area (TPSA) is 30.4 Å². The van der Waals surface area contributed by atoms with E-state index in [-0.39, 0.29) is 0 Å². The van der Waals surface area contributed by atoms with Gasteiger partial charge in [-0.2, -0.15) is 0 Å². The molecule has 0 bridgehead atoms. The van der Waals surface area contributed by atoms with Gasteiger partial charge in [0.25, 0.3) is 0 Å². The Morgan fingerprint density at radius 2 is 1.52 bits per heavy atom. The summed E-state index contributed by atoms with van der Waals surface area (Å²) in [6.45, 7) is 0. The summed E-state index contributed by atoms with van der Waals surface area (Å²) in [7, 11) is 0. The van der Waals surface area contributed by atoms with Gasteiger partial charge in [-0.1, -0.05) is 78.3 Å². The molecule has 6 rings (SSSR count). The van der Waals surface area contributed by atoms with Gasteiger partial charge in [-0.25, -0.2) is 4.98 Å². The van der Waals surface area contributed by atoms with E-state index >= 15 is 0 Å². The summed E-state index contributed by atoms with van der Waals surface area (Å²) >= 11 is 6.59. The van der Waals surface area contributed by atoms with Crippen LogP contribution in [0.15, 0.2) is 95.5 Å². The molecular weight excluding hydrogens is 380 g/mol. The lowest BCUT2D eigenvalue weighted by atomic mass is 10.0. The van der Waals surface area contributed by atoms with Crippen molar-refractivity contribution in [3.8, 4) is 22.5 Å². The lowest BCUT2D eigenvalue weighted by molar-refractivity contribution is 0.666. The molecule has 0 saturated carbocycles. The number of benzene rings is 3. The average Bonchev–Trinajstić information content (AvgIpc) is 3.31. The average molecular weight is 395 g/mol. The van der Waals surface area contributed by atoms with Crippen LogP contribution in [-0.2, 0) is 0 Å². The second kappa shape index (κ2) is 6.23. The highest BCUT2D eigenvalue weighted by molar-refractivity contribution is 6.33. The highest BCUT2D eigenvalue weighted by Gasteiger charge is 2.19. The molecule has 3 heterocycles. The summed E-state index contributed by atoms with van der Waals surface area (Å²) in [6.07, 6.45) is 2.02. The van der Waals surface area contributed by atoms with Crippen molar-refractivity contribution in [2.45, 2.75) is 0 Å². The van der Waals surface area contributed by atoms with Crippen LogP contribution in [0, 0.1) is 0 Å². The third-order valence-corrected chi connectivity index (χ3v) is 5.63. The first-order valence-corrected chi connectivity index (χ1v) is 9.81.